The average molecular weight is 314 g/mol. The van der Waals surface area contributed by atoms with Crippen molar-refractivity contribution in [2.75, 3.05) is 19.5 Å². The van der Waals surface area contributed by atoms with Gasteiger partial charge in [0.1, 0.15) is 16.5 Å². The van der Waals surface area contributed by atoms with Crippen LogP contribution in [0, 0.1) is 5.92 Å². The van der Waals surface area contributed by atoms with Crippen LogP contribution >= 0.6 is 11.6 Å². The first-order chi connectivity index (χ1) is 10.0. The van der Waals surface area contributed by atoms with Gasteiger partial charge in [-0.25, -0.2) is 0 Å². The molecule has 0 heterocycles. The number of carboxylic acid groups (broad SMARTS) is 1. The van der Waals surface area contributed by atoms with Crippen LogP contribution in [0.2, 0.25) is 5.02 Å². The lowest BCUT2D eigenvalue weighted by Crippen LogP contribution is -2.29. The van der Waals surface area contributed by atoms with Crippen molar-refractivity contribution in [1.29, 1.82) is 0 Å². The van der Waals surface area contributed by atoms with Crippen LogP contribution in [0.1, 0.15) is 25.7 Å². The number of benzene rings is 1. The molecule has 1 aromatic rings. The van der Waals surface area contributed by atoms with Gasteiger partial charge in [0.15, 0.2) is 0 Å². The third-order valence-electron chi connectivity index (χ3n) is 3.89. The number of anilines is 1. The highest BCUT2D eigenvalue weighted by Gasteiger charge is 2.26. The summed E-state index contributed by atoms with van der Waals surface area (Å²) in [7, 11) is 3.12. The molecule has 0 spiro atoms. The number of ether oxygens (including phenoxy) is 2. The standard InChI is InChI=1S/C15H20ClNO4/c1-20-12-7-11(8-13(21-2)14(12)16)17-10-5-3-9(4-6-10)15(18)19/h7-10,17H,3-6H2,1-2H3,(H,18,19). The number of nitrogens with one attached hydrogen (secondary N) is 1. The smallest absolute Gasteiger partial charge is 0.306 e. The van der Waals surface area contributed by atoms with E-state index in [-0.39, 0.29) is 12.0 Å². The molecule has 0 atom stereocenters. The maximum Gasteiger partial charge on any atom is 0.306 e. The summed E-state index contributed by atoms with van der Waals surface area (Å²) in [5.41, 5.74) is 0.867. The molecule has 0 bridgehead atoms. The van der Waals surface area contributed by atoms with Crippen LogP contribution in [-0.2, 0) is 4.79 Å². The third kappa shape index (κ3) is 3.73. The summed E-state index contributed by atoms with van der Waals surface area (Å²) in [5, 5.41) is 12.9. The van der Waals surface area contributed by atoms with Crippen molar-refractivity contribution in [2.45, 2.75) is 31.7 Å². The number of aliphatic carboxylic acids is 1. The van der Waals surface area contributed by atoms with Crippen molar-refractivity contribution in [3.63, 3.8) is 0 Å². The number of hydrogen-bond acceptors (Lipinski definition) is 4. The second kappa shape index (κ2) is 6.89. The van der Waals surface area contributed by atoms with E-state index in [4.69, 9.17) is 26.2 Å². The molecule has 1 fully saturated rings. The van der Waals surface area contributed by atoms with Gasteiger partial charge >= 0.3 is 5.97 Å². The maximum atomic E-state index is 11.0. The lowest BCUT2D eigenvalue weighted by molar-refractivity contribution is -0.142. The van der Waals surface area contributed by atoms with Crippen molar-refractivity contribution in [3.05, 3.63) is 17.2 Å². The highest BCUT2D eigenvalue weighted by Crippen LogP contribution is 2.38. The molecule has 0 aromatic heterocycles. The van der Waals surface area contributed by atoms with Crippen molar-refractivity contribution in [1.82, 2.24) is 0 Å². The van der Waals surface area contributed by atoms with Gasteiger partial charge in [0, 0.05) is 23.9 Å². The summed E-state index contributed by atoms with van der Waals surface area (Å²) in [4.78, 5) is 11.0. The van der Waals surface area contributed by atoms with Crippen LogP contribution in [0.3, 0.4) is 0 Å². The highest BCUT2D eigenvalue weighted by molar-refractivity contribution is 6.33. The molecule has 0 amide bonds. The van der Waals surface area contributed by atoms with Crippen LogP contribution in [0.4, 0.5) is 5.69 Å². The van der Waals surface area contributed by atoms with E-state index in [2.05, 4.69) is 5.32 Å². The summed E-state index contributed by atoms with van der Waals surface area (Å²) < 4.78 is 10.5. The molecule has 1 aromatic carbocycles. The van der Waals surface area contributed by atoms with E-state index in [1.54, 1.807) is 14.2 Å². The van der Waals surface area contributed by atoms with Gasteiger partial charge in [-0.1, -0.05) is 11.6 Å². The number of hydrogen-bond donors (Lipinski definition) is 2. The lowest BCUT2D eigenvalue weighted by Gasteiger charge is -2.28. The van der Waals surface area contributed by atoms with Gasteiger partial charge in [-0.15, -0.1) is 0 Å². The van der Waals surface area contributed by atoms with Crippen molar-refractivity contribution < 1.29 is 19.4 Å². The van der Waals surface area contributed by atoms with E-state index >= 15 is 0 Å². The highest BCUT2D eigenvalue weighted by atomic mass is 35.5. The number of carbonyl (C=O) groups is 1. The molecular formula is C15H20ClNO4. The number of rotatable bonds is 5. The Morgan fingerprint density at radius 3 is 2.14 bits per heavy atom. The van der Waals surface area contributed by atoms with E-state index in [0.29, 0.717) is 29.4 Å². The molecule has 0 unspecified atom stereocenters. The fourth-order valence-corrected chi connectivity index (χ4v) is 2.94. The first-order valence-electron chi connectivity index (χ1n) is 6.96. The average Bonchev–Trinajstić information content (AvgIpc) is 2.49. The monoisotopic (exact) mass is 313 g/mol. The Hall–Kier alpha value is -1.62. The first kappa shape index (κ1) is 15.8. The minimum Gasteiger partial charge on any atom is -0.495 e. The molecular weight excluding hydrogens is 294 g/mol. The Morgan fingerprint density at radius 1 is 1.19 bits per heavy atom. The number of halogens is 1. The normalized spacial score (nSPS) is 21.7. The van der Waals surface area contributed by atoms with Gasteiger partial charge in [-0.3, -0.25) is 4.79 Å². The molecule has 5 nitrogen and oxygen atoms in total. The third-order valence-corrected chi connectivity index (χ3v) is 4.27. The molecule has 0 saturated heterocycles. The quantitative estimate of drug-likeness (QED) is 0.872. The predicted molar refractivity (Wildman–Crippen MR) is 81.6 cm³/mol. The molecule has 1 aliphatic carbocycles. The van der Waals surface area contributed by atoms with Gasteiger partial charge in [0.25, 0.3) is 0 Å². The Balaban J connectivity index is 2.05. The molecule has 0 aliphatic heterocycles. The Morgan fingerprint density at radius 2 is 1.71 bits per heavy atom. The van der Waals surface area contributed by atoms with Crippen LogP contribution in [0.15, 0.2) is 12.1 Å². The second-order valence-electron chi connectivity index (χ2n) is 5.23. The summed E-state index contributed by atoms with van der Waals surface area (Å²) in [5.74, 6) is 0.205. The fraction of sp³-hybridized carbons (Fsp3) is 0.533. The molecule has 2 N–H and O–H groups in total. The van der Waals surface area contributed by atoms with Gasteiger partial charge < -0.3 is 19.9 Å². The van der Waals surface area contributed by atoms with Crippen LogP contribution in [0.25, 0.3) is 0 Å². The zero-order valence-corrected chi connectivity index (χ0v) is 12.9. The first-order valence-corrected chi connectivity index (χ1v) is 7.33. The summed E-state index contributed by atoms with van der Waals surface area (Å²) in [6.07, 6.45) is 3.08. The minimum absolute atomic E-state index is 0.211. The van der Waals surface area contributed by atoms with E-state index in [1.807, 2.05) is 12.1 Å². The fourth-order valence-electron chi connectivity index (χ4n) is 2.67. The maximum absolute atomic E-state index is 11.0. The van der Waals surface area contributed by atoms with Gasteiger partial charge in [-0.05, 0) is 25.7 Å². The topological polar surface area (TPSA) is 67.8 Å². The van der Waals surface area contributed by atoms with Gasteiger partial charge in [-0.2, -0.15) is 0 Å². The van der Waals surface area contributed by atoms with Crippen molar-refractivity contribution in [2.24, 2.45) is 5.92 Å². The number of methoxy groups -OCH3 is 2. The summed E-state index contributed by atoms with van der Waals surface area (Å²) in [6.45, 7) is 0. The summed E-state index contributed by atoms with van der Waals surface area (Å²) >= 11 is 6.13. The van der Waals surface area contributed by atoms with Gasteiger partial charge in [0.2, 0.25) is 0 Å². The van der Waals surface area contributed by atoms with E-state index in [0.717, 1.165) is 18.5 Å². The minimum atomic E-state index is -0.691. The van der Waals surface area contributed by atoms with Crippen molar-refractivity contribution >= 4 is 23.3 Å². The van der Waals surface area contributed by atoms with Crippen LogP contribution in [-0.4, -0.2) is 31.3 Å². The zero-order valence-electron chi connectivity index (χ0n) is 12.2. The van der Waals surface area contributed by atoms with E-state index in [1.165, 1.54) is 0 Å². The Bertz CT molecular complexity index is 487. The van der Waals surface area contributed by atoms with Crippen LogP contribution < -0.4 is 14.8 Å². The number of carboxylic acids is 1. The van der Waals surface area contributed by atoms with Crippen LogP contribution in [0.5, 0.6) is 11.5 Å². The predicted octanol–water partition coefficient (Wildman–Crippen LogP) is 3.41. The molecule has 6 heteroatoms. The Labute approximate surface area is 129 Å². The second-order valence-corrected chi connectivity index (χ2v) is 5.60. The van der Waals surface area contributed by atoms with Crippen molar-refractivity contribution in [3.8, 4) is 11.5 Å². The summed E-state index contributed by atoms with van der Waals surface area (Å²) in [6, 6.07) is 3.92. The molecule has 2 rings (SSSR count). The van der Waals surface area contributed by atoms with E-state index in [9.17, 15) is 4.79 Å². The zero-order chi connectivity index (χ0) is 15.4. The largest absolute Gasteiger partial charge is 0.495 e. The Kier molecular flexibility index (Phi) is 5.17. The molecule has 1 saturated carbocycles. The molecule has 1 aliphatic rings. The van der Waals surface area contributed by atoms with E-state index < -0.39 is 5.97 Å². The SMILES string of the molecule is COc1cc(NC2CCC(C(=O)O)CC2)cc(OC)c1Cl. The molecule has 21 heavy (non-hydrogen) atoms. The molecule has 0 radical (unpaired) electrons. The van der Waals surface area contributed by atoms with Gasteiger partial charge in [0.05, 0.1) is 20.1 Å². The molecule has 116 valence electrons. The lowest BCUT2D eigenvalue weighted by atomic mass is 9.86.